The van der Waals surface area contributed by atoms with Gasteiger partial charge >= 0.3 is 0 Å². The molecule has 226 valence electrons. The van der Waals surface area contributed by atoms with Gasteiger partial charge in [0.25, 0.3) is 0 Å². The summed E-state index contributed by atoms with van der Waals surface area (Å²) in [6, 6.07) is 66.3. The van der Waals surface area contributed by atoms with Crippen molar-refractivity contribution in [1.29, 1.82) is 0 Å². The van der Waals surface area contributed by atoms with Crippen LogP contribution in [0.25, 0.3) is 55.2 Å². The third-order valence-electron chi connectivity index (χ3n) is 10.0. The van der Waals surface area contributed by atoms with Crippen molar-refractivity contribution in [2.45, 2.75) is 0 Å². The van der Waals surface area contributed by atoms with Gasteiger partial charge in [-0.25, -0.2) is 0 Å². The zero-order chi connectivity index (χ0) is 31.7. The Hall–Kier alpha value is -6.10. The topological polar surface area (TPSA) is 22.5 Å². The Morgan fingerprint density at radius 2 is 1.04 bits per heavy atom. The fraction of sp³-hybridized carbons (Fsp3) is 0. The highest BCUT2D eigenvalue weighted by molar-refractivity contribution is 7.20. The van der Waals surface area contributed by atoms with Crippen LogP contribution in [-0.2, 0) is 0 Å². The van der Waals surface area contributed by atoms with Crippen LogP contribution >= 0.6 is 0 Å². The summed E-state index contributed by atoms with van der Waals surface area (Å²) in [6.45, 7) is 0. The van der Waals surface area contributed by atoms with Gasteiger partial charge < -0.3 is 4.42 Å². The van der Waals surface area contributed by atoms with E-state index in [9.17, 15) is 0 Å². The molecule has 0 fully saturated rings. The standard InChI is InChI=1S/C44H30N2OSi/c1-3-17-33(18-4-1)48(34-19-5-2-6-20-34,42-28-14-23-37-36-22-8-12-27-41(36)47-44(37)42)35-21-13-16-32(30-35)45-39-25-10-11-26-40(39)46-38-24-9-7-15-31(38)29-43(45)46/h1-30H. The lowest BCUT2D eigenvalue weighted by molar-refractivity contribution is 0.671. The summed E-state index contributed by atoms with van der Waals surface area (Å²) in [5.74, 6) is 0. The van der Waals surface area contributed by atoms with Crippen LogP contribution in [0, 0.1) is 0 Å². The summed E-state index contributed by atoms with van der Waals surface area (Å²) in [7, 11) is -2.95. The van der Waals surface area contributed by atoms with Crippen LogP contribution in [0.2, 0.25) is 0 Å². The molecule has 3 aromatic heterocycles. The predicted molar refractivity (Wildman–Crippen MR) is 203 cm³/mol. The zero-order valence-corrected chi connectivity index (χ0v) is 27.1. The molecule has 0 N–H and O–H groups in total. The van der Waals surface area contributed by atoms with Gasteiger partial charge in [-0.3, -0.25) is 8.97 Å². The van der Waals surface area contributed by atoms with Crippen molar-refractivity contribution in [3.8, 4) is 5.69 Å². The van der Waals surface area contributed by atoms with E-state index in [1.54, 1.807) is 0 Å². The molecule has 10 aromatic rings. The van der Waals surface area contributed by atoms with Gasteiger partial charge in [-0.05, 0) is 63.2 Å². The molecule has 0 spiro atoms. The van der Waals surface area contributed by atoms with Crippen molar-refractivity contribution < 1.29 is 4.42 Å². The summed E-state index contributed by atoms with van der Waals surface area (Å²) >= 11 is 0. The maximum atomic E-state index is 6.83. The molecule has 0 saturated heterocycles. The van der Waals surface area contributed by atoms with E-state index in [2.05, 4.69) is 191 Å². The second-order valence-corrected chi connectivity index (χ2v) is 16.3. The minimum atomic E-state index is -2.95. The Morgan fingerprint density at radius 1 is 0.438 bits per heavy atom. The number of benzene rings is 7. The Labute approximate surface area is 278 Å². The monoisotopic (exact) mass is 630 g/mol. The van der Waals surface area contributed by atoms with Gasteiger partial charge in [-0.1, -0.05) is 140 Å². The third kappa shape index (κ3) is 3.75. The summed E-state index contributed by atoms with van der Waals surface area (Å²) < 4.78 is 11.7. The molecular weight excluding hydrogens is 601 g/mol. The van der Waals surface area contributed by atoms with Gasteiger partial charge in [-0.2, -0.15) is 0 Å². The molecule has 48 heavy (non-hydrogen) atoms. The highest BCUT2D eigenvalue weighted by Gasteiger charge is 2.44. The Balaban J connectivity index is 1.34. The average Bonchev–Trinajstić information content (AvgIpc) is 3.82. The first-order valence-electron chi connectivity index (χ1n) is 16.4. The van der Waals surface area contributed by atoms with Crippen molar-refractivity contribution in [3.05, 3.63) is 182 Å². The smallest absolute Gasteiger partial charge is 0.184 e. The first-order valence-corrected chi connectivity index (χ1v) is 18.4. The number of imidazole rings is 1. The van der Waals surface area contributed by atoms with Gasteiger partial charge in [0.15, 0.2) is 8.07 Å². The van der Waals surface area contributed by atoms with E-state index in [1.807, 2.05) is 0 Å². The van der Waals surface area contributed by atoms with Crippen molar-refractivity contribution in [1.82, 2.24) is 8.97 Å². The molecule has 4 heteroatoms. The average molecular weight is 631 g/mol. The van der Waals surface area contributed by atoms with Gasteiger partial charge in [0.1, 0.15) is 16.8 Å². The van der Waals surface area contributed by atoms with Crippen LogP contribution in [-0.4, -0.2) is 17.0 Å². The van der Waals surface area contributed by atoms with E-state index in [0.29, 0.717) is 0 Å². The maximum Gasteiger partial charge on any atom is 0.184 e. The maximum absolute atomic E-state index is 6.83. The SMILES string of the molecule is c1ccc([Si](c2ccccc2)(c2cccc(-n3c4ccccc4n4c5ccccc5cc34)c2)c2cccc3c2oc2ccccc23)cc1. The van der Waals surface area contributed by atoms with Crippen LogP contribution in [0.4, 0.5) is 0 Å². The number of hydrogen-bond donors (Lipinski definition) is 0. The summed E-state index contributed by atoms with van der Waals surface area (Å²) in [6.07, 6.45) is 0. The lowest BCUT2D eigenvalue weighted by atomic mass is 10.1. The minimum absolute atomic E-state index is 0.916. The van der Waals surface area contributed by atoms with Crippen LogP contribution in [0.1, 0.15) is 0 Å². The molecule has 0 aliphatic rings. The largest absolute Gasteiger partial charge is 0.456 e. The van der Waals surface area contributed by atoms with E-state index < -0.39 is 8.07 Å². The first-order chi connectivity index (χ1) is 23.8. The summed E-state index contributed by atoms with van der Waals surface area (Å²) in [4.78, 5) is 0. The molecule has 0 aliphatic heterocycles. The fourth-order valence-electron chi connectivity index (χ4n) is 8.06. The molecule has 10 rings (SSSR count). The zero-order valence-electron chi connectivity index (χ0n) is 26.1. The number of aromatic nitrogens is 2. The molecule has 0 bridgehead atoms. The molecule has 3 heterocycles. The number of para-hydroxylation sites is 5. The lowest BCUT2D eigenvalue weighted by Crippen LogP contribution is -2.74. The Morgan fingerprint density at radius 3 is 1.83 bits per heavy atom. The second kappa shape index (κ2) is 10.5. The molecule has 0 radical (unpaired) electrons. The predicted octanol–water partition coefficient (Wildman–Crippen LogP) is 8.31. The normalized spacial score (nSPS) is 12.2. The number of furan rings is 1. The van der Waals surface area contributed by atoms with E-state index >= 15 is 0 Å². The van der Waals surface area contributed by atoms with Crippen LogP contribution in [0.5, 0.6) is 0 Å². The molecule has 0 saturated carbocycles. The first kappa shape index (κ1) is 27.1. The Bertz CT molecular complexity index is 2750. The van der Waals surface area contributed by atoms with Crippen molar-refractivity contribution >= 4 is 78.3 Å². The highest BCUT2D eigenvalue weighted by Crippen LogP contribution is 2.32. The molecule has 3 nitrogen and oxygen atoms in total. The van der Waals surface area contributed by atoms with Gasteiger partial charge in [0.05, 0.1) is 16.6 Å². The molecule has 0 atom stereocenters. The minimum Gasteiger partial charge on any atom is -0.456 e. The molecule has 0 aliphatic carbocycles. The van der Waals surface area contributed by atoms with E-state index in [4.69, 9.17) is 4.42 Å². The van der Waals surface area contributed by atoms with Gasteiger partial charge in [-0.15, -0.1) is 0 Å². The van der Waals surface area contributed by atoms with E-state index in [1.165, 1.54) is 42.7 Å². The number of nitrogens with zero attached hydrogens (tertiary/aromatic N) is 2. The molecular formula is C44H30N2OSi. The lowest BCUT2D eigenvalue weighted by Gasteiger charge is -2.34. The van der Waals surface area contributed by atoms with Crippen LogP contribution in [0.3, 0.4) is 0 Å². The third-order valence-corrected chi connectivity index (χ3v) is 14.8. The van der Waals surface area contributed by atoms with Gasteiger partial charge in [0, 0.05) is 21.8 Å². The van der Waals surface area contributed by atoms with E-state index in [0.717, 1.165) is 33.3 Å². The summed E-state index contributed by atoms with van der Waals surface area (Å²) in [5.41, 5.74) is 7.77. The Kier molecular flexibility index (Phi) is 5.89. The molecule has 7 aromatic carbocycles. The van der Waals surface area contributed by atoms with Crippen molar-refractivity contribution in [2.24, 2.45) is 0 Å². The van der Waals surface area contributed by atoms with Crippen LogP contribution in [0.15, 0.2) is 186 Å². The van der Waals surface area contributed by atoms with Crippen molar-refractivity contribution in [3.63, 3.8) is 0 Å². The fourth-order valence-corrected chi connectivity index (χ4v) is 13.0. The molecule has 0 unspecified atom stereocenters. The number of rotatable bonds is 5. The highest BCUT2D eigenvalue weighted by atomic mass is 28.3. The molecule has 0 amide bonds. The number of hydrogen-bond acceptors (Lipinski definition) is 1. The van der Waals surface area contributed by atoms with E-state index in [-0.39, 0.29) is 0 Å². The van der Waals surface area contributed by atoms with Crippen molar-refractivity contribution in [2.75, 3.05) is 0 Å². The van der Waals surface area contributed by atoms with Gasteiger partial charge in [0.2, 0.25) is 0 Å². The quantitative estimate of drug-likeness (QED) is 0.139. The number of fused-ring (bicyclic) bond motifs is 8. The summed E-state index contributed by atoms with van der Waals surface area (Å²) in [5, 5.41) is 8.72. The second-order valence-electron chi connectivity index (χ2n) is 12.5. The van der Waals surface area contributed by atoms with Crippen LogP contribution < -0.4 is 20.7 Å².